The zero-order valence-corrected chi connectivity index (χ0v) is 15.3. The number of fused-ring (bicyclic) bond motifs is 1. The smallest absolute Gasteiger partial charge is 0.257 e. The Morgan fingerprint density at radius 1 is 1.11 bits per heavy atom. The molecule has 0 spiro atoms. The monoisotopic (exact) mass is 374 g/mol. The topological polar surface area (TPSA) is 66.1 Å². The molecular formula is C22H19FN4O. The van der Waals surface area contributed by atoms with Crippen molar-refractivity contribution < 1.29 is 9.18 Å². The summed E-state index contributed by atoms with van der Waals surface area (Å²) in [5, 5.41) is 9.25. The van der Waals surface area contributed by atoms with Gasteiger partial charge < -0.3 is 16.0 Å². The van der Waals surface area contributed by atoms with E-state index in [4.69, 9.17) is 0 Å². The van der Waals surface area contributed by atoms with Crippen molar-refractivity contribution in [3.8, 4) is 0 Å². The molecule has 0 aliphatic carbocycles. The lowest BCUT2D eigenvalue weighted by molar-refractivity contribution is -0.110. The highest BCUT2D eigenvalue weighted by Gasteiger charge is 2.24. The fourth-order valence-electron chi connectivity index (χ4n) is 3.12. The number of amides is 1. The van der Waals surface area contributed by atoms with Gasteiger partial charge in [-0.05, 0) is 66.6 Å². The zero-order chi connectivity index (χ0) is 19.5. The van der Waals surface area contributed by atoms with Gasteiger partial charge in [0.25, 0.3) is 5.91 Å². The Morgan fingerprint density at radius 2 is 1.93 bits per heavy atom. The van der Waals surface area contributed by atoms with Crippen LogP contribution in [0.1, 0.15) is 16.7 Å². The van der Waals surface area contributed by atoms with Crippen molar-refractivity contribution >= 4 is 28.5 Å². The Bertz CT molecular complexity index is 1060. The maximum atomic E-state index is 13.3. The fourth-order valence-corrected chi connectivity index (χ4v) is 3.12. The van der Waals surface area contributed by atoms with Gasteiger partial charge in [0.2, 0.25) is 0 Å². The molecule has 2 heterocycles. The lowest BCUT2D eigenvalue weighted by Crippen LogP contribution is -2.05. The summed E-state index contributed by atoms with van der Waals surface area (Å²) >= 11 is 0. The number of carbonyl (C=O) groups excluding carboxylic acids is 1. The maximum absolute atomic E-state index is 13.3. The van der Waals surface area contributed by atoms with E-state index in [9.17, 15) is 9.18 Å². The van der Waals surface area contributed by atoms with Gasteiger partial charge >= 0.3 is 0 Å². The van der Waals surface area contributed by atoms with Crippen LogP contribution in [0.15, 0.2) is 67.1 Å². The number of rotatable bonds is 5. The van der Waals surface area contributed by atoms with Crippen LogP contribution in [-0.4, -0.2) is 10.9 Å². The third-order valence-corrected chi connectivity index (χ3v) is 4.61. The molecule has 0 saturated heterocycles. The summed E-state index contributed by atoms with van der Waals surface area (Å²) in [7, 11) is 0. The molecule has 5 nitrogen and oxygen atoms in total. The minimum atomic E-state index is -0.376. The number of halogens is 1. The van der Waals surface area contributed by atoms with E-state index < -0.39 is 0 Å². The zero-order valence-electron chi connectivity index (χ0n) is 15.3. The molecule has 0 fully saturated rings. The maximum Gasteiger partial charge on any atom is 0.257 e. The molecule has 0 saturated carbocycles. The molecule has 1 aliphatic rings. The summed E-state index contributed by atoms with van der Waals surface area (Å²) in [5.74, 6) is -0.626. The number of nitrogens with one attached hydrogen (secondary N) is 3. The van der Waals surface area contributed by atoms with Crippen molar-refractivity contribution in [3.63, 3.8) is 0 Å². The van der Waals surface area contributed by atoms with Gasteiger partial charge in [-0.15, -0.1) is 0 Å². The minimum Gasteiger partial charge on any atom is -0.381 e. The number of nitrogens with zero attached hydrogens (tertiary/aromatic N) is 1. The van der Waals surface area contributed by atoms with Gasteiger partial charge in [-0.3, -0.25) is 9.78 Å². The first-order chi connectivity index (χ1) is 13.6. The Kier molecular flexibility index (Phi) is 4.76. The van der Waals surface area contributed by atoms with Gasteiger partial charge in [0, 0.05) is 42.1 Å². The summed E-state index contributed by atoms with van der Waals surface area (Å²) in [5.41, 5.74) is 5.79. The van der Waals surface area contributed by atoms with Crippen LogP contribution < -0.4 is 16.0 Å². The SMILES string of the molecule is Cc1cc(NC=C2C(=O)Nc3cc(F)ccc32)ccc1NCc1ccncc1. The van der Waals surface area contributed by atoms with Crippen LogP contribution >= 0.6 is 0 Å². The predicted octanol–water partition coefficient (Wildman–Crippen LogP) is 4.55. The molecule has 2 aromatic carbocycles. The molecule has 1 aliphatic heterocycles. The van der Waals surface area contributed by atoms with Crippen molar-refractivity contribution in [3.05, 3.63) is 89.6 Å². The predicted molar refractivity (Wildman–Crippen MR) is 109 cm³/mol. The number of aromatic nitrogens is 1. The summed E-state index contributed by atoms with van der Waals surface area (Å²) in [6.45, 7) is 2.74. The summed E-state index contributed by atoms with van der Waals surface area (Å²) in [4.78, 5) is 16.2. The van der Waals surface area contributed by atoms with Gasteiger partial charge in [-0.1, -0.05) is 0 Å². The van der Waals surface area contributed by atoms with Gasteiger partial charge in [-0.2, -0.15) is 0 Å². The molecule has 3 aromatic rings. The lowest BCUT2D eigenvalue weighted by atomic mass is 10.1. The minimum absolute atomic E-state index is 0.250. The van der Waals surface area contributed by atoms with Crippen molar-refractivity contribution in [2.24, 2.45) is 0 Å². The highest BCUT2D eigenvalue weighted by Crippen LogP contribution is 2.32. The van der Waals surface area contributed by atoms with E-state index in [0.29, 0.717) is 23.4 Å². The molecule has 3 N–H and O–H groups in total. The van der Waals surface area contributed by atoms with Crippen LogP contribution in [0.25, 0.3) is 5.57 Å². The Morgan fingerprint density at radius 3 is 2.71 bits per heavy atom. The van der Waals surface area contributed by atoms with Crippen LogP contribution in [0.3, 0.4) is 0 Å². The van der Waals surface area contributed by atoms with Crippen molar-refractivity contribution in [1.29, 1.82) is 0 Å². The number of pyridine rings is 1. The van der Waals surface area contributed by atoms with E-state index >= 15 is 0 Å². The third-order valence-electron chi connectivity index (χ3n) is 4.61. The number of hydrogen-bond acceptors (Lipinski definition) is 4. The summed E-state index contributed by atoms with van der Waals surface area (Å²) in [6, 6.07) is 14.2. The van der Waals surface area contributed by atoms with E-state index in [1.54, 1.807) is 24.7 Å². The fraction of sp³-hybridized carbons (Fsp3) is 0.0909. The van der Waals surface area contributed by atoms with E-state index in [2.05, 4.69) is 20.9 Å². The first-order valence-corrected chi connectivity index (χ1v) is 8.91. The number of anilines is 3. The van der Waals surface area contributed by atoms with Crippen LogP contribution in [0.5, 0.6) is 0 Å². The van der Waals surface area contributed by atoms with Gasteiger partial charge in [0.15, 0.2) is 0 Å². The Labute approximate surface area is 162 Å². The van der Waals surface area contributed by atoms with Crippen LogP contribution in [0.4, 0.5) is 21.5 Å². The van der Waals surface area contributed by atoms with E-state index in [0.717, 1.165) is 22.5 Å². The highest BCUT2D eigenvalue weighted by molar-refractivity contribution is 6.31. The summed E-state index contributed by atoms with van der Waals surface area (Å²) in [6.07, 6.45) is 5.20. The number of aryl methyl sites for hydroxylation is 1. The first kappa shape index (κ1) is 17.7. The lowest BCUT2D eigenvalue weighted by Gasteiger charge is -2.11. The number of benzene rings is 2. The average Bonchev–Trinajstić information content (AvgIpc) is 3.00. The summed E-state index contributed by atoms with van der Waals surface area (Å²) < 4.78 is 13.3. The van der Waals surface area contributed by atoms with Crippen molar-refractivity contribution in [2.45, 2.75) is 13.5 Å². The number of hydrogen-bond donors (Lipinski definition) is 3. The third kappa shape index (κ3) is 3.71. The molecule has 6 heteroatoms. The standard InChI is InChI=1S/C22H19FN4O/c1-14-10-17(3-5-20(14)26-12-15-6-8-24-9-7-15)25-13-19-18-4-2-16(23)11-21(18)27-22(19)28/h2-11,13,25-26H,12H2,1H3,(H,27,28). The quantitative estimate of drug-likeness (QED) is 0.574. The number of carbonyl (C=O) groups is 1. The second-order valence-electron chi connectivity index (χ2n) is 6.59. The molecule has 1 aromatic heterocycles. The molecule has 0 radical (unpaired) electrons. The molecule has 0 atom stereocenters. The first-order valence-electron chi connectivity index (χ1n) is 8.91. The van der Waals surface area contributed by atoms with E-state index in [-0.39, 0.29) is 11.7 Å². The van der Waals surface area contributed by atoms with Crippen LogP contribution in [0, 0.1) is 12.7 Å². The second-order valence-corrected chi connectivity index (χ2v) is 6.59. The molecule has 4 rings (SSSR count). The molecule has 140 valence electrons. The molecule has 28 heavy (non-hydrogen) atoms. The normalized spacial score (nSPS) is 13.9. The van der Waals surface area contributed by atoms with E-state index in [1.807, 2.05) is 37.3 Å². The van der Waals surface area contributed by atoms with E-state index in [1.165, 1.54) is 12.1 Å². The second kappa shape index (κ2) is 7.52. The highest BCUT2D eigenvalue weighted by atomic mass is 19.1. The van der Waals surface area contributed by atoms with Crippen molar-refractivity contribution in [1.82, 2.24) is 4.98 Å². The Hall–Kier alpha value is -3.67. The van der Waals surface area contributed by atoms with Gasteiger partial charge in [-0.25, -0.2) is 4.39 Å². The Balaban J connectivity index is 1.47. The molecule has 1 amide bonds. The van der Waals surface area contributed by atoms with Crippen LogP contribution in [-0.2, 0) is 11.3 Å². The van der Waals surface area contributed by atoms with Crippen molar-refractivity contribution in [2.75, 3.05) is 16.0 Å². The molecule has 0 unspecified atom stereocenters. The molecular weight excluding hydrogens is 355 g/mol. The van der Waals surface area contributed by atoms with Gasteiger partial charge in [0.1, 0.15) is 5.82 Å². The molecule has 0 bridgehead atoms. The van der Waals surface area contributed by atoms with Crippen LogP contribution in [0.2, 0.25) is 0 Å². The average molecular weight is 374 g/mol. The largest absolute Gasteiger partial charge is 0.381 e. The van der Waals surface area contributed by atoms with Gasteiger partial charge in [0.05, 0.1) is 11.3 Å².